The summed E-state index contributed by atoms with van der Waals surface area (Å²) in [6, 6.07) is 5.10. The van der Waals surface area contributed by atoms with Crippen molar-refractivity contribution in [3.8, 4) is 5.75 Å². The summed E-state index contributed by atoms with van der Waals surface area (Å²) in [5.41, 5.74) is 1.57. The summed E-state index contributed by atoms with van der Waals surface area (Å²) in [4.78, 5) is 12.0. The molecule has 1 heterocycles. The molecule has 0 aliphatic heterocycles. The van der Waals surface area contributed by atoms with E-state index in [0.29, 0.717) is 34.9 Å². The number of aliphatic hydroxyl groups excluding tert-OH is 1. The van der Waals surface area contributed by atoms with Crippen LogP contribution in [-0.2, 0) is 6.61 Å². The number of aryl methyl sites for hydroxylation is 1. The van der Waals surface area contributed by atoms with Crippen LogP contribution in [0.15, 0.2) is 28.9 Å². The third-order valence-electron chi connectivity index (χ3n) is 2.78. The van der Waals surface area contributed by atoms with Gasteiger partial charge in [-0.05, 0) is 32.0 Å². The van der Waals surface area contributed by atoms with Crippen molar-refractivity contribution in [3.63, 3.8) is 0 Å². The second kappa shape index (κ2) is 6.21. The zero-order chi connectivity index (χ0) is 14.5. The molecule has 1 amide bonds. The lowest BCUT2D eigenvalue weighted by atomic mass is 10.1. The van der Waals surface area contributed by atoms with Crippen molar-refractivity contribution in [1.29, 1.82) is 0 Å². The topological polar surface area (TPSA) is 84.6 Å². The number of aliphatic hydroxyl groups is 1. The average molecular weight is 276 g/mol. The normalized spacial score (nSPS) is 10.3. The van der Waals surface area contributed by atoms with Crippen molar-refractivity contribution in [2.75, 3.05) is 11.9 Å². The number of nitrogens with zero attached hydrogens (tertiary/aromatic N) is 1. The van der Waals surface area contributed by atoms with Gasteiger partial charge in [-0.3, -0.25) is 4.79 Å². The number of hydrogen-bond donors (Lipinski definition) is 2. The number of carbonyl (C=O) groups is 1. The van der Waals surface area contributed by atoms with Gasteiger partial charge in [-0.15, -0.1) is 0 Å². The van der Waals surface area contributed by atoms with Gasteiger partial charge in [-0.2, -0.15) is 0 Å². The first kappa shape index (κ1) is 14.1. The Balaban J connectivity index is 2.18. The molecule has 20 heavy (non-hydrogen) atoms. The van der Waals surface area contributed by atoms with Crippen molar-refractivity contribution in [2.45, 2.75) is 20.5 Å². The molecule has 2 aromatic rings. The maximum atomic E-state index is 12.0. The molecule has 0 saturated carbocycles. The number of nitrogens with one attached hydrogen (secondary N) is 1. The van der Waals surface area contributed by atoms with Gasteiger partial charge in [0.15, 0.2) is 0 Å². The summed E-state index contributed by atoms with van der Waals surface area (Å²) < 4.78 is 10.2. The summed E-state index contributed by atoms with van der Waals surface area (Å²) in [6.07, 6.45) is 1.37. The van der Waals surface area contributed by atoms with E-state index in [2.05, 4.69) is 10.5 Å². The summed E-state index contributed by atoms with van der Waals surface area (Å²) in [6.45, 7) is 3.88. The molecule has 1 aromatic carbocycles. The molecule has 1 aromatic heterocycles. The average Bonchev–Trinajstić information content (AvgIpc) is 2.87. The minimum Gasteiger partial charge on any atom is -0.494 e. The fraction of sp³-hybridized carbons (Fsp3) is 0.286. The van der Waals surface area contributed by atoms with Gasteiger partial charge >= 0.3 is 0 Å². The van der Waals surface area contributed by atoms with Crippen LogP contribution in [0.2, 0.25) is 0 Å². The largest absolute Gasteiger partial charge is 0.494 e. The summed E-state index contributed by atoms with van der Waals surface area (Å²) >= 11 is 0. The van der Waals surface area contributed by atoms with Gasteiger partial charge in [0.2, 0.25) is 0 Å². The number of carbonyl (C=O) groups excluding carboxylic acids is 1. The minimum atomic E-state index is -0.309. The fourth-order valence-corrected chi connectivity index (χ4v) is 1.79. The van der Waals surface area contributed by atoms with E-state index in [1.54, 1.807) is 25.1 Å². The Labute approximate surface area is 116 Å². The first-order valence-electron chi connectivity index (χ1n) is 6.25. The molecule has 0 fully saturated rings. The number of amides is 1. The van der Waals surface area contributed by atoms with Gasteiger partial charge in [0.1, 0.15) is 17.1 Å². The predicted molar refractivity (Wildman–Crippen MR) is 72.7 cm³/mol. The van der Waals surface area contributed by atoms with Crippen LogP contribution in [-0.4, -0.2) is 22.8 Å². The smallest absolute Gasteiger partial charge is 0.260 e. The molecule has 106 valence electrons. The quantitative estimate of drug-likeness (QED) is 0.873. The number of aromatic nitrogens is 1. The van der Waals surface area contributed by atoms with Crippen LogP contribution in [0, 0.1) is 6.92 Å². The van der Waals surface area contributed by atoms with Gasteiger partial charge < -0.3 is 19.7 Å². The number of benzene rings is 1. The molecule has 0 saturated heterocycles. The van der Waals surface area contributed by atoms with Crippen LogP contribution in [0.25, 0.3) is 0 Å². The highest BCUT2D eigenvalue weighted by Gasteiger charge is 2.13. The summed E-state index contributed by atoms with van der Waals surface area (Å²) in [7, 11) is 0. The van der Waals surface area contributed by atoms with E-state index in [9.17, 15) is 9.90 Å². The van der Waals surface area contributed by atoms with E-state index >= 15 is 0 Å². The van der Waals surface area contributed by atoms with Crippen LogP contribution in [0.3, 0.4) is 0 Å². The molecule has 0 aliphatic carbocycles. The minimum absolute atomic E-state index is 0.161. The van der Waals surface area contributed by atoms with Crippen molar-refractivity contribution in [3.05, 3.63) is 41.3 Å². The third-order valence-corrected chi connectivity index (χ3v) is 2.78. The van der Waals surface area contributed by atoms with Crippen molar-refractivity contribution < 1.29 is 19.2 Å². The molecular weight excluding hydrogens is 260 g/mol. The van der Waals surface area contributed by atoms with E-state index in [-0.39, 0.29) is 12.5 Å². The lowest BCUT2D eigenvalue weighted by Gasteiger charge is -2.11. The standard InChI is InChI=1S/C14H16N2O4/c1-3-19-13-5-4-11(6-10(13)8-17)16-14(18)12-7-15-20-9(12)2/h4-7,17H,3,8H2,1-2H3,(H,16,18). The first-order valence-corrected chi connectivity index (χ1v) is 6.25. The van der Waals surface area contributed by atoms with Gasteiger partial charge in [-0.1, -0.05) is 5.16 Å². The zero-order valence-electron chi connectivity index (χ0n) is 11.3. The molecule has 0 unspecified atom stereocenters. The van der Waals surface area contributed by atoms with E-state index in [0.717, 1.165) is 0 Å². The number of rotatable bonds is 5. The molecule has 6 nitrogen and oxygen atoms in total. The second-order valence-electron chi connectivity index (χ2n) is 4.16. The Bertz CT molecular complexity index is 607. The number of hydrogen-bond acceptors (Lipinski definition) is 5. The lowest BCUT2D eigenvalue weighted by Crippen LogP contribution is -2.12. The molecule has 0 atom stereocenters. The van der Waals surface area contributed by atoms with Crippen LogP contribution < -0.4 is 10.1 Å². The highest BCUT2D eigenvalue weighted by atomic mass is 16.5. The maximum Gasteiger partial charge on any atom is 0.260 e. The van der Waals surface area contributed by atoms with Gasteiger partial charge in [0.25, 0.3) is 5.91 Å². The Hall–Kier alpha value is -2.34. The third kappa shape index (κ3) is 2.97. The van der Waals surface area contributed by atoms with Crippen molar-refractivity contribution in [2.24, 2.45) is 0 Å². The van der Waals surface area contributed by atoms with E-state index in [1.165, 1.54) is 6.20 Å². The van der Waals surface area contributed by atoms with Crippen molar-refractivity contribution in [1.82, 2.24) is 5.16 Å². The maximum absolute atomic E-state index is 12.0. The van der Waals surface area contributed by atoms with Crippen LogP contribution in [0.5, 0.6) is 5.75 Å². The van der Waals surface area contributed by atoms with Crippen LogP contribution in [0.4, 0.5) is 5.69 Å². The second-order valence-corrected chi connectivity index (χ2v) is 4.16. The molecule has 0 radical (unpaired) electrons. The van der Waals surface area contributed by atoms with E-state index in [1.807, 2.05) is 6.92 Å². The zero-order valence-corrected chi connectivity index (χ0v) is 11.3. The molecular formula is C14H16N2O4. The monoisotopic (exact) mass is 276 g/mol. The molecule has 6 heteroatoms. The lowest BCUT2D eigenvalue weighted by molar-refractivity contribution is 0.102. The van der Waals surface area contributed by atoms with E-state index in [4.69, 9.17) is 9.26 Å². The molecule has 2 rings (SSSR count). The van der Waals surface area contributed by atoms with Gasteiger partial charge in [-0.25, -0.2) is 0 Å². The molecule has 0 aliphatic rings. The van der Waals surface area contributed by atoms with Crippen LogP contribution in [0.1, 0.15) is 28.6 Å². The Morgan fingerprint density at radius 3 is 2.90 bits per heavy atom. The highest BCUT2D eigenvalue weighted by Crippen LogP contribution is 2.23. The molecule has 0 bridgehead atoms. The van der Waals surface area contributed by atoms with E-state index < -0.39 is 0 Å². The Morgan fingerprint density at radius 1 is 1.50 bits per heavy atom. The number of anilines is 1. The SMILES string of the molecule is CCOc1ccc(NC(=O)c2cnoc2C)cc1CO. The van der Waals surface area contributed by atoms with Gasteiger partial charge in [0.05, 0.1) is 19.4 Å². The predicted octanol–water partition coefficient (Wildman–Crippen LogP) is 2.13. The van der Waals surface area contributed by atoms with Crippen LogP contribution >= 0.6 is 0 Å². The summed E-state index contributed by atoms with van der Waals surface area (Å²) in [5, 5.41) is 15.6. The Kier molecular flexibility index (Phi) is 4.37. The number of ether oxygens (including phenoxy) is 1. The highest BCUT2D eigenvalue weighted by molar-refractivity contribution is 6.04. The molecule has 2 N–H and O–H groups in total. The Morgan fingerprint density at radius 2 is 2.30 bits per heavy atom. The first-order chi connectivity index (χ1) is 9.65. The fourth-order valence-electron chi connectivity index (χ4n) is 1.79. The summed E-state index contributed by atoms with van der Waals surface area (Å²) in [5.74, 6) is 0.752. The van der Waals surface area contributed by atoms with Crippen molar-refractivity contribution >= 4 is 11.6 Å². The van der Waals surface area contributed by atoms with Gasteiger partial charge in [0, 0.05) is 11.3 Å². The molecule has 0 spiro atoms.